The summed E-state index contributed by atoms with van der Waals surface area (Å²) in [5.74, 6) is -1.93. The van der Waals surface area contributed by atoms with Gasteiger partial charge in [0.2, 0.25) is 15.9 Å². The van der Waals surface area contributed by atoms with Crippen LogP contribution in [0.4, 0.5) is 4.79 Å². The van der Waals surface area contributed by atoms with Crippen LogP contribution in [-0.4, -0.2) is 93.7 Å². The topological polar surface area (TPSA) is 198 Å². The summed E-state index contributed by atoms with van der Waals surface area (Å²) < 4.78 is 42.2. The van der Waals surface area contributed by atoms with E-state index in [1.54, 1.807) is 11.0 Å². The highest BCUT2D eigenvalue weighted by atomic mass is 32.2. The number of ether oxygens (including phenoxy) is 2. The average Bonchev–Trinajstić information content (AvgIpc) is 4.05. The fourth-order valence-corrected chi connectivity index (χ4v) is 11.6. The fraction of sp³-hybridized carbons (Fsp3) is 0.543. The first-order valence-electron chi connectivity index (χ1n) is 22.3. The van der Waals surface area contributed by atoms with Gasteiger partial charge in [0.1, 0.15) is 24.0 Å². The molecule has 1 saturated heterocycles. The van der Waals surface area contributed by atoms with Crippen LogP contribution < -0.4 is 25.7 Å². The van der Waals surface area contributed by atoms with Gasteiger partial charge in [0, 0.05) is 25.4 Å². The number of aliphatic hydroxyl groups is 1. The molecule has 62 heavy (non-hydrogen) atoms. The van der Waals surface area contributed by atoms with Crippen molar-refractivity contribution in [2.24, 2.45) is 17.8 Å². The van der Waals surface area contributed by atoms with E-state index in [9.17, 15) is 32.7 Å². The highest BCUT2D eigenvalue weighted by Crippen LogP contribution is 2.46. The number of alkyl carbamates (subject to hydrolysis) is 1. The van der Waals surface area contributed by atoms with Gasteiger partial charge in [-0.05, 0) is 99.3 Å². The molecule has 0 radical (unpaired) electrons. The van der Waals surface area contributed by atoms with Gasteiger partial charge in [0.15, 0.2) is 0 Å². The second-order valence-corrected chi connectivity index (χ2v) is 20.1. The number of allylic oxidation sites excluding steroid dienone is 2. The molecule has 2 aliphatic heterocycles. The Morgan fingerprint density at radius 1 is 0.935 bits per heavy atom. The van der Waals surface area contributed by atoms with Gasteiger partial charge in [-0.2, -0.15) is 4.98 Å². The van der Waals surface area contributed by atoms with Crippen molar-refractivity contribution in [3.05, 3.63) is 83.7 Å². The van der Waals surface area contributed by atoms with E-state index in [2.05, 4.69) is 21.9 Å². The molecule has 3 heterocycles. The number of sulfonamides is 1. The molecule has 9 rings (SSSR count). The third-order valence-electron chi connectivity index (χ3n) is 14.0. The van der Waals surface area contributed by atoms with E-state index in [0.29, 0.717) is 23.7 Å². The number of hydrogen-bond acceptors (Lipinski definition) is 11. The Labute approximate surface area is 361 Å². The minimum atomic E-state index is -3.92. The standard InChI is InChI=1S/C46H56N6O9S/c1-2-32-26-46(32,43(56)50-62(58,59)34-20-21-34)49-40(53)37-25-33-27-52(37)42(55)39(30-15-8-9-16-30)48-45(57)61-38-18-11-17-29(38)14-7-4-10-23-51-41(54)35-22-19-31(28-12-5-3-6-13-28)24-36(35)47-44(51)60-33/h2-6,10,12-13,19,22,24,29-30,32-34,37-39,42,55H,1,7-9,11,14-18,20-21,23,25-27H2,(H,48,57)(H,49,53)(H,50,56)/b10-4+/t29-,32-,33-,37+,38-,39+,42?,46-/m1/s1. The largest absolute Gasteiger partial charge is 0.460 e. The van der Waals surface area contributed by atoms with Crippen molar-refractivity contribution in [1.82, 2.24) is 29.8 Å². The van der Waals surface area contributed by atoms with Crippen molar-refractivity contribution in [2.75, 3.05) is 6.54 Å². The van der Waals surface area contributed by atoms with Crippen LogP contribution in [-0.2, 0) is 30.9 Å². The molecule has 1 aromatic heterocycles. The van der Waals surface area contributed by atoms with E-state index in [0.717, 1.165) is 68.9 Å². The van der Waals surface area contributed by atoms with Crippen molar-refractivity contribution < 1.29 is 37.4 Å². The molecule has 15 nitrogen and oxygen atoms in total. The fourth-order valence-electron chi connectivity index (χ4n) is 10.2. The molecule has 3 aromatic rings. The zero-order valence-corrected chi connectivity index (χ0v) is 35.6. The number of carbonyl (C=O) groups is 3. The first-order chi connectivity index (χ1) is 29.9. The number of aliphatic hydroxyl groups excluding tert-OH is 1. The summed E-state index contributed by atoms with van der Waals surface area (Å²) in [5.41, 5.74) is 0.415. The van der Waals surface area contributed by atoms with Crippen molar-refractivity contribution in [2.45, 2.75) is 131 Å². The number of carbonyl (C=O) groups excluding carboxylic acids is 3. The Kier molecular flexibility index (Phi) is 11.8. The summed E-state index contributed by atoms with van der Waals surface area (Å²) in [6.45, 7) is 4.00. The smallest absolute Gasteiger partial charge is 0.407 e. The number of benzene rings is 2. The van der Waals surface area contributed by atoms with Crippen LogP contribution in [0.5, 0.6) is 6.01 Å². The van der Waals surface area contributed by atoms with Gasteiger partial charge in [-0.1, -0.05) is 67.5 Å². The Morgan fingerprint density at radius 3 is 2.45 bits per heavy atom. The summed E-state index contributed by atoms with van der Waals surface area (Å²) >= 11 is 0. The molecule has 9 atom stereocenters. The number of nitrogens with one attached hydrogen (secondary N) is 3. The number of nitrogens with zero attached hydrogens (tertiary/aromatic N) is 3. The van der Waals surface area contributed by atoms with Crippen LogP contribution in [0.2, 0.25) is 0 Å². The molecule has 5 fully saturated rings. The van der Waals surface area contributed by atoms with Gasteiger partial charge in [-0.3, -0.25) is 28.6 Å². The number of rotatable bonds is 8. The average molecular weight is 869 g/mol. The van der Waals surface area contributed by atoms with Crippen LogP contribution in [0.3, 0.4) is 0 Å². The molecule has 4 aliphatic carbocycles. The van der Waals surface area contributed by atoms with Gasteiger partial charge in [-0.15, -0.1) is 6.58 Å². The lowest BCUT2D eigenvalue weighted by molar-refractivity contribution is -0.135. The predicted molar refractivity (Wildman–Crippen MR) is 231 cm³/mol. The lowest BCUT2D eigenvalue weighted by Crippen LogP contribution is -2.60. The van der Waals surface area contributed by atoms with E-state index in [1.807, 2.05) is 54.6 Å². The Morgan fingerprint density at radius 2 is 1.71 bits per heavy atom. The third-order valence-corrected chi connectivity index (χ3v) is 15.8. The van der Waals surface area contributed by atoms with Crippen molar-refractivity contribution in [1.29, 1.82) is 0 Å². The Hall–Kier alpha value is -5.06. The molecule has 4 saturated carbocycles. The van der Waals surface area contributed by atoms with Crippen LogP contribution in [0, 0.1) is 17.8 Å². The Balaban J connectivity index is 1.08. The summed E-state index contributed by atoms with van der Waals surface area (Å²) in [6.07, 6.45) is 10.9. The monoisotopic (exact) mass is 868 g/mol. The SMILES string of the molecule is C=C[C@@H]1C[C@]1(NC(=O)[C@@H]1C[C@@H]2CN1C(O)[C@H](C1CCCC1)NC(=O)O[C@@H]1CCC[C@H]1CC/C=C/Cn1c(nc3cc(-c4ccccc4)ccc3c1=O)O2)C(=O)NS(=O)(=O)C1CC1. The van der Waals surface area contributed by atoms with Crippen molar-refractivity contribution in [3.63, 3.8) is 0 Å². The molecule has 2 unspecified atom stereocenters. The zero-order valence-electron chi connectivity index (χ0n) is 34.8. The molecule has 3 amide bonds. The normalized spacial score (nSPS) is 32.2. The highest BCUT2D eigenvalue weighted by molar-refractivity contribution is 7.91. The van der Waals surface area contributed by atoms with E-state index >= 15 is 0 Å². The van der Waals surface area contributed by atoms with E-state index in [4.69, 9.17) is 14.5 Å². The second-order valence-electron chi connectivity index (χ2n) is 18.1. The minimum absolute atomic E-state index is 0.00214. The maximum Gasteiger partial charge on any atom is 0.407 e. The van der Waals surface area contributed by atoms with Crippen LogP contribution in [0.1, 0.15) is 83.5 Å². The molecule has 2 bridgehead atoms. The zero-order chi connectivity index (χ0) is 43.2. The molecular weight excluding hydrogens is 813 g/mol. The van der Waals surface area contributed by atoms with Gasteiger partial charge in [0.25, 0.3) is 17.5 Å². The van der Waals surface area contributed by atoms with E-state index in [1.165, 1.54) is 10.6 Å². The van der Waals surface area contributed by atoms with E-state index < -0.39 is 69.1 Å². The summed E-state index contributed by atoms with van der Waals surface area (Å²) in [5, 5.41) is 18.1. The second kappa shape index (κ2) is 17.2. The van der Waals surface area contributed by atoms with E-state index in [-0.39, 0.29) is 55.4 Å². The van der Waals surface area contributed by atoms with Crippen molar-refractivity contribution in [3.8, 4) is 17.1 Å². The van der Waals surface area contributed by atoms with Gasteiger partial charge >= 0.3 is 6.09 Å². The molecule has 6 aliphatic rings. The molecule has 4 N–H and O–H groups in total. The van der Waals surface area contributed by atoms with Crippen LogP contribution in [0.15, 0.2) is 78.1 Å². The summed E-state index contributed by atoms with van der Waals surface area (Å²) in [6, 6.07) is 13.4. The summed E-state index contributed by atoms with van der Waals surface area (Å²) in [4.78, 5) is 62.9. The predicted octanol–water partition coefficient (Wildman–Crippen LogP) is 4.68. The van der Waals surface area contributed by atoms with Gasteiger partial charge in [0.05, 0.1) is 28.2 Å². The maximum absolute atomic E-state index is 14.7. The lowest BCUT2D eigenvalue weighted by atomic mass is 9.95. The number of fused-ring (bicyclic) bond motifs is 5. The lowest BCUT2D eigenvalue weighted by Gasteiger charge is -2.37. The molecule has 0 spiro atoms. The molecule has 16 heteroatoms. The first kappa shape index (κ1) is 42.3. The van der Waals surface area contributed by atoms with Crippen LogP contribution >= 0.6 is 0 Å². The van der Waals surface area contributed by atoms with Gasteiger partial charge in [-0.25, -0.2) is 13.2 Å². The summed E-state index contributed by atoms with van der Waals surface area (Å²) in [7, 11) is -3.92. The number of amides is 3. The third kappa shape index (κ3) is 8.52. The molecule has 2 aromatic carbocycles. The van der Waals surface area contributed by atoms with Crippen LogP contribution in [0.25, 0.3) is 22.0 Å². The minimum Gasteiger partial charge on any atom is -0.460 e. The Bertz CT molecular complexity index is 2420. The molecular formula is C46H56N6O9S. The molecule has 330 valence electrons. The highest BCUT2D eigenvalue weighted by Gasteiger charge is 2.62. The maximum atomic E-state index is 14.7. The number of aromatic nitrogens is 2. The van der Waals surface area contributed by atoms with Crippen molar-refractivity contribution >= 4 is 38.8 Å². The first-order valence-corrected chi connectivity index (χ1v) is 23.8. The van der Waals surface area contributed by atoms with Gasteiger partial charge < -0.3 is 25.2 Å². The quantitative estimate of drug-likeness (QED) is 0.230. The number of hydrogen-bond donors (Lipinski definition) is 4.